The molecule has 1 amide bonds. The number of hydrogen-bond donors (Lipinski definition) is 2. The van der Waals surface area contributed by atoms with Gasteiger partial charge in [-0.25, -0.2) is 9.07 Å². The van der Waals surface area contributed by atoms with Crippen molar-refractivity contribution in [3.8, 4) is 5.69 Å². The van der Waals surface area contributed by atoms with E-state index in [-0.39, 0.29) is 28.9 Å². The number of hydrogen-bond acceptors (Lipinski definition) is 4. The summed E-state index contributed by atoms with van der Waals surface area (Å²) in [5.41, 5.74) is 8.13. The van der Waals surface area contributed by atoms with Gasteiger partial charge in [0.25, 0.3) is 5.91 Å². The Bertz CT molecular complexity index is 1090. The molecule has 1 saturated carbocycles. The molecule has 6 nitrogen and oxygen atoms in total. The van der Waals surface area contributed by atoms with Crippen LogP contribution in [0.4, 0.5) is 10.2 Å². The molecule has 1 fully saturated rings. The molecule has 0 radical (unpaired) electrons. The minimum atomic E-state index is -0.616. The molecule has 1 aliphatic rings. The lowest BCUT2D eigenvalue weighted by Crippen LogP contribution is -2.25. The van der Waals surface area contributed by atoms with Crippen LogP contribution in [-0.2, 0) is 0 Å². The number of aryl methyl sites for hydroxylation is 1. The van der Waals surface area contributed by atoms with Crippen molar-refractivity contribution in [2.75, 3.05) is 5.73 Å². The predicted octanol–water partition coefficient (Wildman–Crippen LogP) is 3.03. The highest BCUT2D eigenvalue weighted by Crippen LogP contribution is 2.25. The zero-order chi connectivity index (χ0) is 19.8. The van der Waals surface area contributed by atoms with Crippen LogP contribution in [-0.4, -0.2) is 27.5 Å². The summed E-state index contributed by atoms with van der Waals surface area (Å²) in [5, 5.41) is 7.15. The van der Waals surface area contributed by atoms with Gasteiger partial charge in [0, 0.05) is 11.6 Å². The van der Waals surface area contributed by atoms with Crippen molar-refractivity contribution < 1.29 is 14.0 Å². The molecule has 0 atom stereocenters. The number of halogens is 1. The molecule has 0 unspecified atom stereocenters. The average Bonchev–Trinajstić information content (AvgIpc) is 3.42. The summed E-state index contributed by atoms with van der Waals surface area (Å²) < 4.78 is 15.4. The smallest absolute Gasteiger partial charge is 0.251 e. The van der Waals surface area contributed by atoms with Crippen LogP contribution < -0.4 is 11.1 Å². The van der Waals surface area contributed by atoms with Crippen LogP contribution in [0.2, 0.25) is 0 Å². The zero-order valence-electron chi connectivity index (χ0n) is 15.3. The Hall–Kier alpha value is -3.48. The average molecular weight is 378 g/mol. The fourth-order valence-corrected chi connectivity index (χ4v) is 2.99. The Labute approximate surface area is 161 Å². The molecule has 0 aliphatic heterocycles. The topological polar surface area (TPSA) is 90.0 Å². The molecule has 3 N–H and O–H groups in total. The van der Waals surface area contributed by atoms with Gasteiger partial charge in [0.2, 0.25) is 5.78 Å². The Morgan fingerprint density at radius 3 is 2.64 bits per heavy atom. The van der Waals surface area contributed by atoms with Crippen molar-refractivity contribution in [1.82, 2.24) is 15.1 Å². The fourth-order valence-electron chi connectivity index (χ4n) is 2.99. The molecule has 0 bridgehead atoms. The van der Waals surface area contributed by atoms with E-state index in [0.717, 1.165) is 18.4 Å². The van der Waals surface area contributed by atoms with E-state index in [9.17, 15) is 14.0 Å². The first-order valence-electron chi connectivity index (χ1n) is 9.00. The van der Waals surface area contributed by atoms with Crippen LogP contribution in [0.1, 0.15) is 44.7 Å². The quantitative estimate of drug-likeness (QED) is 0.668. The molecule has 1 aromatic heterocycles. The maximum atomic E-state index is 14.0. The van der Waals surface area contributed by atoms with Gasteiger partial charge >= 0.3 is 0 Å². The third-order valence-corrected chi connectivity index (χ3v) is 4.78. The van der Waals surface area contributed by atoms with Crippen LogP contribution in [0, 0.1) is 12.7 Å². The van der Waals surface area contributed by atoms with Crippen LogP contribution in [0.3, 0.4) is 0 Å². The van der Waals surface area contributed by atoms with E-state index in [0.29, 0.717) is 11.3 Å². The van der Waals surface area contributed by atoms with Gasteiger partial charge in [0.05, 0.1) is 23.0 Å². The molecule has 2 aromatic carbocycles. The summed E-state index contributed by atoms with van der Waals surface area (Å²) in [6, 6.07) is 11.2. The number of nitrogen functional groups attached to an aromatic ring is 1. The third kappa shape index (κ3) is 3.26. The van der Waals surface area contributed by atoms with Crippen molar-refractivity contribution in [2.24, 2.45) is 0 Å². The van der Waals surface area contributed by atoms with Crippen molar-refractivity contribution in [2.45, 2.75) is 25.8 Å². The van der Waals surface area contributed by atoms with Crippen molar-refractivity contribution in [3.63, 3.8) is 0 Å². The molecule has 1 heterocycles. The van der Waals surface area contributed by atoms with Crippen LogP contribution in [0.15, 0.2) is 48.7 Å². The summed E-state index contributed by atoms with van der Waals surface area (Å²) in [6.45, 7) is 1.86. The summed E-state index contributed by atoms with van der Waals surface area (Å²) in [6.07, 6.45) is 3.32. The van der Waals surface area contributed by atoms with Crippen molar-refractivity contribution >= 4 is 17.5 Å². The third-order valence-electron chi connectivity index (χ3n) is 4.78. The highest BCUT2D eigenvalue weighted by molar-refractivity contribution is 6.11. The fraction of sp³-hybridized carbons (Fsp3) is 0.190. The largest absolute Gasteiger partial charge is 0.383 e. The first-order chi connectivity index (χ1) is 13.5. The summed E-state index contributed by atoms with van der Waals surface area (Å²) in [7, 11) is 0. The normalized spacial score (nSPS) is 13.4. The number of benzene rings is 2. The second-order valence-corrected chi connectivity index (χ2v) is 6.91. The van der Waals surface area contributed by atoms with Gasteiger partial charge in [-0.15, -0.1) is 0 Å². The maximum absolute atomic E-state index is 14.0. The number of carbonyl (C=O) groups is 2. The lowest BCUT2D eigenvalue weighted by molar-refractivity contribution is 0.0950. The highest BCUT2D eigenvalue weighted by atomic mass is 19.1. The minimum Gasteiger partial charge on any atom is -0.383 e. The molecule has 4 rings (SSSR count). The monoisotopic (exact) mass is 378 g/mol. The standard InChI is InChI=1S/C21H19FN4O2/c1-12-6-7-13(21(28)25-14-8-9-14)10-18(12)26-20(23)16(11-24-26)19(27)15-4-2-3-5-17(15)22/h2-7,10-11,14H,8-9,23H2,1H3,(H,25,28). The van der Waals surface area contributed by atoms with Crippen molar-refractivity contribution in [1.29, 1.82) is 0 Å². The van der Waals surface area contributed by atoms with Gasteiger partial charge in [-0.05, 0) is 49.6 Å². The minimum absolute atomic E-state index is 0.0666. The van der Waals surface area contributed by atoms with Crippen LogP contribution >= 0.6 is 0 Å². The van der Waals surface area contributed by atoms with Gasteiger partial charge in [-0.1, -0.05) is 18.2 Å². The first kappa shape index (κ1) is 17.9. The molecular weight excluding hydrogens is 359 g/mol. The number of amides is 1. The SMILES string of the molecule is Cc1ccc(C(=O)NC2CC2)cc1-n1ncc(C(=O)c2ccccc2F)c1N. The van der Waals surface area contributed by atoms with E-state index in [4.69, 9.17) is 5.73 Å². The Morgan fingerprint density at radius 2 is 1.93 bits per heavy atom. The Morgan fingerprint density at radius 1 is 1.18 bits per heavy atom. The van der Waals surface area contributed by atoms with E-state index in [2.05, 4.69) is 10.4 Å². The van der Waals surface area contributed by atoms with E-state index < -0.39 is 11.6 Å². The zero-order valence-corrected chi connectivity index (χ0v) is 15.3. The number of carbonyl (C=O) groups excluding carboxylic acids is 2. The van der Waals surface area contributed by atoms with Gasteiger partial charge in [0.1, 0.15) is 11.6 Å². The first-order valence-corrected chi connectivity index (χ1v) is 9.00. The molecule has 0 saturated heterocycles. The number of nitrogens with two attached hydrogens (primary N) is 1. The lowest BCUT2D eigenvalue weighted by atomic mass is 10.1. The summed E-state index contributed by atoms with van der Waals surface area (Å²) in [4.78, 5) is 25.0. The number of nitrogens with zero attached hydrogens (tertiary/aromatic N) is 2. The summed E-state index contributed by atoms with van der Waals surface area (Å²) in [5.74, 6) is -1.22. The van der Waals surface area contributed by atoms with E-state index in [1.54, 1.807) is 24.3 Å². The van der Waals surface area contributed by atoms with Gasteiger partial charge in [-0.3, -0.25) is 9.59 Å². The Balaban J connectivity index is 1.70. The van der Waals surface area contributed by atoms with Crippen LogP contribution in [0.5, 0.6) is 0 Å². The van der Waals surface area contributed by atoms with Crippen LogP contribution in [0.25, 0.3) is 5.69 Å². The molecule has 0 spiro atoms. The maximum Gasteiger partial charge on any atom is 0.251 e. The molecule has 28 heavy (non-hydrogen) atoms. The molecule has 7 heteroatoms. The molecule has 142 valence electrons. The van der Waals surface area contributed by atoms with Gasteiger partial charge in [-0.2, -0.15) is 5.10 Å². The number of nitrogens with one attached hydrogen (secondary N) is 1. The van der Waals surface area contributed by atoms with Gasteiger partial charge < -0.3 is 11.1 Å². The number of ketones is 1. The molecule has 1 aliphatic carbocycles. The van der Waals surface area contributed by atoms with E-state index in [1.165, 1.54) is 29.1 Å². The number of anilines is 1. The van der Waals surface area contributed by atoms with E-state index in [1.807, 2.05) is 6.92 Å². The summed E-state index contributed by atoms with van der Waals surface area (Å²) >= 11 is 0. The second-order valence-electron chi connectivity index (χ2n) is 6.91. The second kappa shape index (κ2) is 6.92. The highest BCUT2D eigenvalue weighted by Gasteiger charge is 2.25. The van der Waals surface area contributed by atoms with Gasteiger partial charge in [0.15, 0.2) is 0 Å². The molecule has 3 aromatic rings. The lowest BCUT2D eigenvalue weighted by Gasteiger charge is -2.11. The van der Waals surface area contributed by atoms with E-state index >= 15 is 0 Å². The number of rotatable bonds is 5. The molecular formula is C21H19FN4O2. The van der Waals surface area contributed by atoms with Crippen molar-refractivity contribution in [3.05, 3.63) is 76.7 Å². The Kier molecular flexibility index (Phi) is 4.43. The predicted molar refractivity (Wildman–Crippen MR) is 103 cm³/mol. The number of aromatic nitrogens is 2.